The summed E-state index contributed by atoms with van der Waals surface area (Å²) in [6, 6.07) is 0. The minimum atomic E-state index is -5.66. The number of ether oxygens (including phenoxy) is 1. The molecule has 1 nitrogen and oxygen atoms in total. The van der Waals surface area contributed by atoms with E-state index in [2.05, 4.69) is 4.74 Å². The second-order valence-electron chi connectivity index (χ2n) is 2.37. The fourth-order valence-corrected chi connectivity index (χ4v) is 0.305. The number of hydrogen-bond acceptors (Lipinski definition) is 1. The molecule has 0 radical (unpaired) electrons. The van der Waals surface area contributed by atoms with Gasteiger partial charge in [-0.25, -0.2) is 13.5 Å². The maximum Gasteiger partial charge on any atom is 0.423 e. The number of rotatable bonds is 4. The smallest absolute Gasteiger partial charge is 0.246 e. The Labute approximate surface area is 72.6 Å². The van der Waals surface area contributed by atoms with Crippen LogP contribution in [0.3, 0.4) is 0 Å². The van der Waals surface area contributed by atoms with E-state index >= 15 is 0 Å². The van der Waals surface area contributed by atoms with Gasteiger partial charge in [-0.05, 0) is 0 Å². The lowest BCUT2D eigenvalue weighted by molar-refractivity contribution is -0.446. The van der Waals surface area contributed by atoms with Crippen LogP contribution in [0.1, 0.15) is 6.92 Å². The Hall–Kier alpha value is -0.600. The molecule has 86 valence electrons. The molecule has 9 heteroatoms. The molecule has 0 aromatic carbocycles. The van der Waals surface area contributed by atoms with E-state index in [0.717, 1.165) is 0 Å². The highest BCUT2D eigenvalue weighted by Crippen LogP contribution is 2.40. The first-order valence-corrected chi connectivity index (χ1v) is 3.02. The van der Waals surface area contributed by atoms with Gasteiger partial charge < -0.3 is 0 Å². The fraction of sp³-hybridized carbons (Fsp3) is 1.00. The van der Waals surface area contributed by atoms with E-state index < -0.39 is 31.5 Å². The van der Waals surface area contributed by atoms with Crippen molar-refractivity contribution in [2.75, 3.05) is 0 Å². The van der Waals surface area contributed by atoms with Crippen LogP contribution in [0, 0.1) is 0 Å². The molecule has 0 aliphatic heterocycles. The van der Waals surface area contributed by atoms with Crippen LogP contribution in [0.5, 0.6) is 0 Å². The van der Waals surface area contributed by atoms with Crippen molar-refractivity contribution in [3.63, 3.8) is 0 Å². The molecule has 0 bridgehead atoms. The average Bonchev–Trinajstić information content (AvgIpc) is 1.80. The van der Waals surface area contributed by atoms with E-state index in [-0.39, 0.29) is 0 Å². The van der Waals surface area contributed by atoms with E-state index in [9.17, 15) is 35.1 Å². The Balaban J connectivity index is 4.67. The van der Waals surface area contributed by atoms with Crippen molar-refractivity contribution >= 4 is 0 Å². The molecule has 0 aromatic rings. The van der Waals surface area contributed by atoms with Crippen molar-refractivity contribution in [2.24, 2.45) is 0 Å². The van der Waals surface area contributed by atoms with Crippen molar-refractivity contribution in [1.29, 1.82) is 0 Å². The number of alkyl halides is 8. The summed E-state index contributed by atoms with van der Waals surface area (Å²) in [6.07, 6.45) is -15.9. The largest absolute Gasteiger partial charge is 0.423 e. The Morgan fingerprint density at radius 1 is 0.929 bits per heavy atom. The van der Waals surface area contributed by atoms with Crippen molar-refractivity contribution < 1.29 is 39.9 Å². The summed E-state index contributed by atoms with van der Waals surface area (Å²) in [5, 5.41) is 0. The third-order valence-electron chi connectivity index (χ3n) is 1.03. The maximum absolute atomic E-state index is 12.0. The van der Waals surface area contributed by atoms with E-state index in [1.54, 1.807) is 0 Å². The van der Waals surface area contributed by atoms with E-state index in [4.69, 9.17) is 0 Å². The Morgan fingerprint density at radius 2 is 1.29 bits per heavy atom. The topological polar surface area (TPSA) is 9.23 Å². The van der Waals surface area contributed by atoms with Crippen molar-refractivity contribution in [3.8, 4) is 0 Å². The van der Waals surface area contributed by atoms with Crippen molar-refractivity contribution in [1.82, 2.24) is 0 Å². The van der Waals surface area contributed by atoms with Gasteiger partial charge in [0.2, 0.25) is 0 Å². The molecule has 0 amide bonds. The Bertz CT molecular complexity index is 194. The fourth-order valence-electron chi connectivity index (χ4n) is 0.305. The van der Waals surface area contributed by atoms with Crippen LogP contribution < -0.4 is 0 Å². The number of halogens is 8. The van der Waals surface area contributed by atoms with Crippen LogP contribution in [-0.2, 0) is 4.74 Å². The third-order valence-corrected chi connectivity index (χ3v) is 1.03. The Morgan fingerprint density at radius 3 is 1.50 bits per heavy atom. The second-order valence-corrected chi connectivity index (χ2v) is 2.37. The molecule has 0 unspecified atom stereocenters. The second kappa shape index (κ2) is 3.52. The van der Waals surface area contributed by atoms with Gasteiger partial charge in [0.15, 0.2) is 0 Å². The summed E-state index contributed by atoms with van der Waals surface area (Å²) in [6.45, 7) is -0.436. The summed E-state index contributed by atoms with van der Waals surface area (Å²) in [4.78, 5) is 0. The molecule has 0 aliphatic carbocycles. The molecule has 0 saturated heterocycles. The highest BCUT2D eigenvalue weighted by Gasteiger charge is 2.61. The van der Waals surface area contributed by atoms with Gasteiger partial charge in [-0.2, -0.15) is 26.3 Å². The van der Waals surface area contributed by atoms with Gasteiger partial charge in [-0.1, -0.05) is 0 Å². The van der Waals surface area contributed by atoms with Crippen LogP contribution >= 0.6 is 0 Å². The lowest BCUT2D eigenvalue weighted by Gasteiger charge is -2.26. The lowest BCUT2D eigenvalue weighted by Crippen LogP contribution is -2.47. The highest BCUT2D eigenvalue weighted by atomic mass is 19.3. The minimum absolute atomic E-state index is 0.436. The van der Waals surface area contributed by atoms with Gasteiger partial charge in [0.1, 0.15) is 0 Å². The molecule has 0 atom stereocenters. The van der Waals surface area contributed by atoms with Gasteiger partial charge in [-0.15, -0.1) is 0 Å². The van der Waals surface area contributed by atoms with E-state index in [1.165, 1.54) is 0 Å². The quantitative estimate of drug-likeness (QED) is 0.676. The zero-order valence-corrected chi connectivity index (χ0v) is 6.51. The predicted molar refractivity (Wildman–Crippen MR) is 27.6 cm³/mol. The molecule has 0 N–H and O–H groups in total. The minimum Gasteiger partial charge on any atom is -0.246 e. The molecule has 0 saturated carbocycles. The molecular formula is C5H4F8O. The van der Waals surface area contributed by atoms with Crippen LogP contribution in [0.2, 0.25) is 0 Å². The zero-order chi connectivity index (χ0) is 11.8. The summed E-state index contributed by atoms with van der Waals surface area (Å²) < 4.78 is 95.9. The van der Waals surface area contributed by atoms with E-state index in [1.807, 2.05) is 0 Å². The predicted octanol–water partition coefficient (Wildman–Crippen LogP) is 3.11. The van der Waals surface area contributed by atoms with Crippen LogP contribution in [-0.4, -0.2) is 24.6 Å². The molecular weight excluding hydrogens is 228 g/mol. The lowest BCUT2D eigenvalue weighted by atomic mass is 10.3. The third kappa shape index (κ3) is 2.96. The van der Waals surface area contributed by atoms with Crippen LogP contribution in [0.15, 0.2) is 0 Å². The van der Waals surface area contributed by atoms with Crippen molar-refractivity contribution in [2.45, 2.75) is 31.5 Å². The molecule has 0 spiro atoms. The maximum atomic E-state index is 12.0. The monoisotopic (exact) mass is 232 g/mol. The molecule has 0 aliphatic rings. The first-order chi connectivity index (χ1) is 5.90. The first kappa shape index (κ1) is 13.4. The molecule has 0 rings (SSSR count). The SMILES string of the molecule is CC(F)(F)C(F)(F)OC(F)(F)C(F)F. The summed E-state index contributed by atoms with van der Waals surface area (Å²) in [7, 11) is 0. The molecule has 14 heavy (non-hydrogen) atoms. The normalized spacial score (nSPS) is 15.0. The first-order valence-electron chi connectivity index (χ1n) is 3.02. The average molecular weight is 232 g/mol. The summed E-state index contributed by atoms with van der Waals surface area (Å²) >= 11 is 0. The zero-order valence-electron chi connectivity index (χ0n) is 6.51. The summed E-state index contributed by atoms with van der Waals surface area (Å²) in [5.41, 5.74) is 0. The van der Waals surface area contributed by atoms with Gasteiger partial charge >= 0.3 is 24.6 Å². The highest BCUT2D eigenvalue weighted by molar-refractivity contribution is 4.73. The standard InChI is InChI=1S/C5H4F8O/c1-3(8,9)5(12,13)14-4(10,11)2(6)7/h2H,1H3. The van der Waals surface area contributed by atoms with Gasteiger partial charge in [0.05, 0.1) is 0 Å². The van der Waals surface area contributed by atoms with E-state index in [0.29, 0.717) is 0 Å². The Kier molecular flexibility index (Phi) is 3.37. The van der Waals surface area contributed by atoms with Gasteiger partial charge in [0.25, 0.3) is 0 Å². The van der Waals surface area contributed by atoms with Crippen molar-refractivity contribution in [3.05, 3.63) is 0 Å². The summed E-state index contributed by atoms with van der Waals surface area (Å²) in [5.74, 6) is -4.98. The van der Waals surface area contributed by atoms with Crippen LogP contribution in [0.4, 0.5) is 35.1 Å². The van der Waals surface area contributed by atoms with Crippen LogP contribution in [0.25, 0.3) is 0 Å². The van der Waals surface area contributed by atoms with Gasteiger partial charge in [-0.3, -0.25) is 0 Å². The molecule has 0 aromatic heterocycles. The number of hydrogen-bond donors (Lipinski definition) is 0. The molecule has 0 heterocycles. The van der Waals surface area contributed by atoms with Gasteiger partial charge in [0, 0.05) is 6.92 Å². The molecule has 0 fully saturated rings.